The summed E-state index contributed by atoms with van der Waals surface area (Å²) in [6, 6.07) is 4.96. The smallest absolute Gasteiger partial charge is 0.338 e. The van der Waals surface area contributed by atoms with Crippen molar-refractivity contribution in [1.82, 2.24) is 5.32 Å². The van der Waals surface area contributed by atoms with E-state index in [1.807, 2.05) is 13.8 Å². The summed E-state index contributed by atoms with van der Waals surface area (Å²) in [5.74, 6) is -1.01. The number of thioether (sulfide) groups is 1. The second kappa shape index (κ2) is 7.31. The Morgan fingerprint density at radius 3 is 2.91 bits per heavy atom. The van der Waals surface area contributed by atoms with Gasteiger partial charge in [-0.25, -0.2) is 4.79 Å². The van der Waals surface area contributed by atoms with Crippen LogP contribution in [0.1, 0.15) is 30.6 Å². The molecule has 0 unspecified atom stereocenters. The van der Waals surface area contributed by atoms with Crippen LogP contribution in [0.15, 0.2) is 23.1 Å². The van der Waals surface area contributed by atoms with Crippen molar-refractivity contribution in [2.75, 3.05) is 18.5 Å². The van der Waals surface area contributed by atoms with Gasteiger partial charge in [-0.1, -0.05) is 6.92 Å². The maximum atomic E-state index is 11.9. The van der Waals surface area contributed by atoms with E-state index < -0.39 is 5.97 Å². The van der Waals surface area contributed by atoms with Crippen molar-refractivity contribution in [2.24, 2.45) is 0 Å². The minimum Gasteiger partial charge on any atom is -0.452 e. The molecule has 0 radical (unpaired) electrons. The summed E-state index contributed by atoms with van der Waals surface area (Å²) in [4.78, 5) is 35.9. The van der Waals surface area contributed by atoms with E-state index in [1.54, 1.807) is 18.2 Å². The lowest BCUT2D eigenvalue weighted by atomic mass is 10.2. The van der Waals surface area contributed by atoms with Crippen LogP contribution in [0, 0.1) is 0 Å². The molecule has 1 heterocycles. The number of amides is 2. The molecule has 118 valence electrons. The molecule has 2 amide bonds. The zero-order valence-corrected chi connectivity index (χ0v) is 13.3. The highest BCUT2D eigenvalue weighted by atomic mass is 32.2. The Bertz CT molecular complexity index is 603. The van der Waals surface area contributed by atoms with Crippen molar-refractivity contribution in [3.8, 4) is 0 Å². The Morgan fingerprint density at radius 2 is 2.18 bits per heavy atom. The fourth-order valence-electron chi connectivity index (χ4n) is 1.87. The number of carbonyl (C=O) groups excluding carboxylic acids is 3. The molecule has 0 aromatic heterocycles. The molecule has 7 heteroatoms. The number of hydrogen-bond acceptors (Lipinski definition) is 5. The van der Waals surface area contributed by atoms with Crippen LogP contribution in [-0.4, -0.2) is 36.2 Å². The number of benzene rings is 1. The third kappa shape index (κ3) is 4.00. The van der Waals surface area contributed by atoms with Crippen molar-refractivity contribution in [3.05, 3.63) is 23.8 Å². The Balaban J connectivity index is 1.98. The first kappa shape index (κ1) is 16.4. The van der Waals surface area contributed by atoms with E-state index in [2.05, 4.69) is 10.6 Å². The minimum absolute atomic E-state index is 0.0954. The second-order valence-electron chi connectivity index (χ2n) is 4.89. The zero-order valence-electron chi connectivity index (χ0n) is 12.5. The van der Waals surface area contributed by atoms with Crippen LogP contribution in [0.5, 0.6) is 0 Å². The molecule has 0 saturated heterocycles. The first-order valence-corrected chi connectivity index (χ1v) is 7.94. The third-order valence-electron chi connectivity index (χ3n) is 3.05. The van der Waals surface area contributed by atoms with E-state index in [1.165, 1.54) is 11.8 Å². The van der Waals surface area contributed by atoms with Crippen LogP contribution < -0.4 is 10.6 Å². The zero-order chi connectivity index (χ0) is 16.1. The summed E-state index contributed by atoms with van der Waals surface area (Å²) in [6.07, 6.45) is 0.820. The summed E-state index contributed by atoms with van der Waals surface area (Å²) >= 11 is 1.44. The van der Waals surface area contributed by atoms with Gasteiger partial charge in [0.15, 0.2) is 6.61 Å². The van der Waals surface area contributed by atoms with Crippen molar-refractivity contribution < 1.29 is 19.1 Å². The lowest BCUT2D eigenvalue weighted by Crippen LogP contribution is -2.29. The molecule has 22 heavy (non-hydrogen) atoms. The predicted molar refractivity (Wildman–Crippen MR) is 84.0 cm³/mol. The molecule has 6 nitrogen and oxygen atoms in total. The van der Waals surface area contributed by atoms with Gasteiger partial charge < -0.3 is 15.4 Å². The Hall–Kier alpha value is -2.02. The molecule has 1 aromatic carbocycles. The lowest BCUT2D eigenvalue weighted by molar-refractivity contribution is -0.124. The van der Waals surface area contributed by atoms with Crippen molar-refractivity contribution in [1.29, 1.82) is 0 Å². The predicted octanol–water partition coefficient (Wildman–Crippen LogP) is 1.80. The summed E-state index contributed by atoms with van der Waals surface area (Å²) in [5.41, 5.74) is 0.899. The molecule has 0 aliphatic carbocycles. The van der Waals surface area contributed by atoms with Gasteiger partial charge in [-0.3, -0.25) is 9.59 Å². The van der Waals surface area contributed by atoms with Crippen molar-refractivity contribution >= 4 is 35.2 Å². The number of anilines is 1. The van der Waals surface area contributed by atoms with Gasteiger partial charge >= 0.3 is 5.97 Å². The quantitative estimate of drug-likeness (QED) is 0.808. The molecule has 1 aliphatic rings. The number of ether oxygens (including phenoxy) is 1. The number of carbonyl (C=O) groups is 3. The maximum Gasteiger partial charge on any atom is 0.338 e. The summed E-state index contributed by atoms with van der Waals surface area (Å²) in [6.45, 7) is 4.00. The fraction of sp³-hybridized carbons (Fsp3) is 0.400. The average Bonchev–Trinajstić information content (AvgIpc) is 2.51. The molecule has 2 rings (SSSR count). The molecule has 0 fully saturated rings. The van der Waals surface area contributed by atoms with E-state index in [0.717, 1.165) is 11.3 Å². The largest absolute Gasteiger partial charge is 0.452 e. The first-order valence-electron chi connectivity index (χ1n) is 7.06. The van der Waals surface area contributed by atoms with Gasteiger partial charge in [0.05, 0.1) is 16.5 Å². The number of esters is 1. The Morgan fingerprint density at radius 1 is 1.41 bits per heavy atom. The third-order valence-corrected chi connectivity index (χ3v) is 4.23. The highest BCUT2D eigenvalue weighted by Gasteiger charge is 2.24. The molecule has 0 spiro atoms. The lowest BCUT2D eigenvalue weighted by Gasteiger charge is -2.21. The summed E-state index contributed by atoms with van der Waals surface area (Å²) in [7, 11) is 0. The molecule has 1 aliphatic heterocycles. The molecular formula is C15H18N2O4S. The topological polar surface area (TPSA) is 84.5 Å². The van der Waals surface area contributed by atoms with Crippen LogP contribution in [0.4, 0.5) is 5.69 Å². The van der Waals surface area contributed by atoms with Gasteiger partial charge in [0, 0.05) is 11.4 Å². The van der Waals surface area contributed by atoms with Gasteiger partial charge in [0.2, 0.25) is 5.91 Å². The van der Waals surface area contributed by atoms with Crippen LogP contribution in [0.3, 0.4) is 0 Å². The number of hydrogen-bond donors (Lipinski definition) is 2. The summed E-state index contributed by atoms with van der Waals surface area (Å²) in [5, 5.41) is 5.21. The molecule has 0 saturated carbocycles. The standard InChI is InChI=1S/C15H18N2O4S/c1-3-6-16-13(18)8-21-15(20)10-4-5-12-11(7-10)17-14(19)9(2)22-12/h4-5,7,9H,3,6,8H2,1-2H3,(H,16,18)(H,17,19)/t9-/m0/s1. The highest BCUT2D eigenvalue weighted by Crippen LogP contribution is 2.35. The molecular weight excluding hydrogens is 304 g/mol. The van der Waals surface area contributed by atoms with Gasteiger partial charge in [0.25, 0.3) is 5.91 Å². The molecule has 2 N–H and O–H groups in total. The van der Waals surface area contributed by atoms with E-state index >= 15 is 0 Å². The normalized spacial score (nSPS) is 16.5. The van der Waals surface area contributed by atoms with Crippen LogP contribution in [0.2, 0.25) is 0 Å². The van der Waals surface area contributed by atoms with E-state index in [4.69, 9.17) is 4.74 Å². The van der Waals surface area contributed by atoms with Gasteiger partial charge in [-0.2, -0.15) is 0 Å². The van der Waals surface area contributed by atoms with Gasteiger partial charge in [-0.05, 0) is 31.5 Å². The SMILES string of the molecule is CCCNC(=O)COC(=O)c1ccc2c(c1)NC(=O)[C@H](C)S2. The van der Waals surface area contributed by atoms with Crippen LogP contribution in [-0.2, 0) is 14.3 Å². The number of fused-ring (bicyclic) bond motifs is 1. The van der Waals surface area contributed by atoms with Crippen LogP contribution in [0.25, 0.3) is 0 Å². The second-order valence-corrected chi connectivity index (χ2v) is 6.27. The van der Waals surface area contributed by atoms with Crippen molar-refractivity contribution in [3.63, 3.8) is 0 Å². The molecule has 0 bridgehead atoms. The maximum absolute atomic E-state index is 11.9. The van der Waals surface area contributed by atoms with Crippen LogP contribution >= 0.6 is 11.8 Å². The fourth-order valence-corrected chi connectivity index (χ4v) is 2.80. The molecule has 1 atom stereocenters. The van der Waals surface area contributed by atoms with E-state index in [-0.39, 0.29) is 23.7 Å². The van der Waals surface area contributed by atoms with E-state index in [9.17, 15) is 14.4 Å². The first-order chi connectivity index (χ1) is 10.5. The molecule has 1 aromatic rings. The Labute approximate surface area is 133 Å². The summed E-state index contributed by atoms with van der Waals surface area (Å²) < 4.78 is 4.96. The Kier molecular flexibility index (Phi) is 5.43. The minimum atomic E-state index is -0.590. The average molecular weight is 322 g/mol. The highest BCUT2D eigenvalue weighted by molar-refractivity contribution is 8.00. The van der Waals surface area contributed by atoms with Crippen molar-refractivity contribution in [2.45, 2.75) is 30.4 Å². The van der Waals surface area contributed by atoms with E-state index in [0.29, 0.717) is 17.8 Å². The van der Waals surface area contributed by atoms with Gasteiger partial charge in [-0.15, -0.1) is 11.8 Å². The monoisotopic (exact) mass is 322 g/mol. The number of rotatable bonds is 5. The van der Waals surface area contributed by atoms with Gasteiger partial charge in [0.1, 0.15) is 0 Å². The number of nitrogens with one attached hydrogen (secondary N) is 2.